The average Bonchev–Trinajstić information content (AvgIpc) is 2.45. The number of nitrogens with zero attached hydrogens (tertiary/aromatic N) is 3. The summed E-state index contributed by atoms with van der Waals surface area (Å²) in [6.45, 7) is 2.14. The van der Waals surface area contributed by atoms with Gasteiger partial charge in [-0.1, -0.05) is 0 Å². The van der Waals surface area contributed by atoms with Gasteiger partial charge in [0.1, 0.15) is 11.5 Å². The van der Waals surface area contributed by atoms with Crippen molar-refractivity contribution in [2.24, 2.45) is 0 Å². The molecule has 0 aliphatic heterocycles. The van der Waals surface area contributed by atoms with Crippen LogP contribution in [0.1, 0.15) is 11.3 Å². The average molecular weight is 274 g/mol. The molecule has 0 aromatic carbocycles. The molecule has 2 aromatic rings. The number of pyridine rings is 2. The van der Waals surface area contributed by atoms with Gasteiger partial charge < -0.3 is 10.1 Å². The predicted octanol–water partition coefficient (Wildman–Crippen LogP) is 2.31. The fourth-order valence-electron chi connectivity index (χ4n) is 1.71. The Labute approximate surface area is 115 Å². The summed E-state index contributed by atoms with van der Waals surface area (Å²) in [5.41, 5.74) is 1.38. The van der Waals surface area contributed by atoms with Crippen molar-refractivity contribution in [3.63, 3.8) is 0 Å². The molecule has 0 aliphatic rings. The molecule has 0 amide bonds. The van der Waals surface area contributed by atoms with Gasteiger partial charge in [0.2, 0.25) is 5.88 Å². The first-order valence-corrected chi connectivity index (χ1v) is 5.95. The van der Waals surface area contributed by atoms with Crippen molar-refractivity contribution < 1.29 is 9.66 Å². The van der Waals surface area contributed by atoms with E-state index in [0.29, 0.717) is 23.9 Å². The van der Waals surface area contributed by atoms with Crippen LogP contribution in [0.5, 0.6) is 5.88 Å². The normalized spacial score (nSPS) is 10.1. The van der Waals surface area contributed by atoms with Crippen molar-refractivity contribution in [2.75, 3.05) is 12.4 Å². The number of hydrogen-bond donors (Lipinski definition) is 1. The number of anilines is 1. The van der Waals surface area contributed by atoms with E-state index in [0.717, 1.165) is 5.56 Å². The van der Waals surface area contributed by atoms with Gasteiger partial charge in [0, 0.05) is 24.9 Å². The van der Waals surface area contributed by atoms with Crippen LogP contribution < -0.4 is 10.1 Å². The van der Waals surface area contributed by atoms with E-state index in [1.165, 1.54) is 6.07 Å². The van der Waals surface area contributed by atoms with Crippen molar-refractivity contribution in [1.29, 1.82) is 0 Å². The van der Waals surface area contributed by atoms with Gasteiger partial charge in [-0.3, -0.25) is 10.1 Å². The van der Waals surface area contributed by atoms with Gasteiger partial charge in [-0.25, -0.2) is 9.97 Å². The lowest BCUT2D eigenvalue weighted by atomic mass is 10.2. The highest BCUT2D eigenvalue weighted by Crippen LogP contribution is 2.18. The molecule has 0 atom stereocenters. The zero-order valence-corrected chi connectivity index (χ0v) is 11.2. The third kappa shape index (κ3) is 3.19. The second kappa shape index (κ2) is 5.96. The smallest absolute Gasteiger partial charge is 0.290 e. The van der Waals surface area contributed by atoms with Gasteiger partial charge in [0.25, 0.3) is 5.69 Å². The summed E-state index contributed by atoms with van der Waals surface area (Å²) < 4.78 is 5.04. The van der Waals surface area contributed by atoms with E-state index in [1.54, 1.807) is 26.3 Å². The third-order valence-electron chi connectivity index (χ3n) is 2.74. The van der Waals surface area contributed by atoms with Crippen LogP contribution in [0.25, 0.3) is 0 Å². The molecule has 20 heavy (non-hydrogen) atoms. The Morgan fingerprint density at radius 1 is 1.40 bits per heavy atom. The van der Waals surface area contributed by atoms with Crippen LogP contribution in [0.3, 0.4) is 0 Å². The third-order valence-corrected chi connectivity index (χ3v) is 2.74. The van der Waals surface area contributed by atoms with E-state index in [-0.39, 0.29) is 5.69 Å². The lowest BCUT2D eigenvalue weighted by molar-refractivity contribution is -0.385. The Morgan fingerprint density at radius 2 is 2.20 bits per heavy atom. The molecule has 0 radical (unpaired) electrons. The van der Waals surface area contributed by atoms with E-state index in [9.17, 15) is 10.1 Å². The van der Waals surface area contributed by atoms with Gasteiger partial charge in [-0.15, -0.1) is 0 Å². The van der Waals surface area contributed by atoms with Crippen molar-refractivity contribution >= 4 is 11.5 Å². The van der Waals surface area contributed by atoms with Crippen LogP contribution in [0.2, 0.25) is 0 Å². The number of methoxy groups -OCH3 is 1. The fourth-order valence-corrected chi connectivity index (χ4v) is 1.71. The number of hydrogen-bond acceptors (Lipinski definition) is 6. The molecule has 2 rings (SSSR count). The van der Waals surface area contributed by atoms with Crippen molar-refractivity contribution in [3.05, 3.63) is 51.8 Å². The number of nitro groups is 1. The molecule has 0 spiro atoms. The number of ether oxygens (including phenoxy) is 1. The maximum atomic E-state index is 10.7. The molecule has 1 N–H and O–H groups in total. The number of aromatic nitrogens is 2. The number of rotatable bonds is 5. The summed E-state index contributed by atoms with van der Waals surface area (Å²) in [6, 6.07) is 6.69. The van der Waals surface area contributed by atoms with Gasteiger partial charge in [-0.05, 0) is 24.6 Å². The Morgan fingerprint density at radius 3 is 2.85 bits per heavy atom. The first-order valence-electron chi connectivity index (χ1n) is 5.95. The van der Waals surface area contributed by atoms with Gasteiger partial charge in [0.05, 0.1) is 12.0 Å². The van der Waals surface area contributed by atoms with Crippen LogP contribution in [-0.2, 0) is 6.54 Å². The second-order valence-electron chi connectivity index (χ2n) is 4.12. The van der Waals surface area contributed by atoms with Gasteiger partial charge in [0.15, 0.2) is 0 Å². The zero-order chi connectivity index (χ0) is 14.5. The molecule has 0 saturated carbocycles. The van der Waals surface area contributed by atoms with Gasteiger partial charge in [-0.2, -0.15) is 0 Å². The first-order chi connectivity index (χ1) is 9.60. The highest BCUT2D eigenvalue weighted by molar-refractivity contribution is 5.45. The standard InChI is InChI=1S/C13H14N4O3/c1-9-11(17(18)19)3-4-12(16-9)15-8-10-5-6-14-13(7-10)20-2/h3-7H,8H2,1-2H3,(H,15,16). The SMILES string of the molecule is COc1cc(CNc2ccc([N+](=O)[O-])c(C)n2)ccn1. The van der Waals surface area contributed by atoms with Crippen molar-refractivity contribution in [2.45, 2.75) is 13.5 Å². The van der Waals surface area contributed by atoms with E-state index < -0.39 is 4.92 Å². The molecule has 0 aliphatic carbocycles. The van der Waals surface area contributed by atoms with Crippen molar-refractivity contribution in [3.8, 4) is 5.88 Å². The maximum Gasteiger partial charge on any atom is 0.290 e. The Hall–Kier alpha value is -2.70. The molecular weight excluding hydrogens is 260 g/mol. The predicted molar refractivity (Wildman–Crippen MR) is 73.7 cm³/mol. The molecule has 7 nitrogen and oxygen atoms in total. The minimum atomic E-state index is -0.445. The Bertz CT molecular complexity index is 631. The quantitative estimate of drug-likeness (QED) is 0.664. The molecule has 2 aromatic heterocycles. The number of aryl methyl sites for hydroxylation is 1. The monoisotopic (exact) mass is 274 g/mol. The molecule has 2 heterocycles. The minimum Gasteiger partial charge on any atom is -0.481 e. The largest absolute Gasteiger partial charge is 0.481 e. The summed E-state index contributed by atoms with van der Waals surface area (Å²) in [4.78, 5) is 18.4. The van der Waals surface area contributed by atoms with Crippen LogP contribution in [0.15, 0.2) is 30.5 Å². The summed E-state index contributed by atoms with van der Waals surface area (Å²) >= 11 is 0. The van der Waals surface area contributed by atoms with Crippen molar-refractivity contribution in [1.82, 2.24) is 9.97 Å². The van der Waals surface area contributed by atoms with Crippen LogP contribution in [-0.4, -0.2) is 22.0 Å². The highest BCUT2D eigenvalue weighted by Gasteiger charge is 2.11. The molecule has 104 valence electrons. The molecule has 0 bridgehead atoms. The molecule has 0 fully saturated rings. The summed E-state index contributed by atoms with van der Waals surface area (Å²) in [6.07, 6.45) is 1.66. The maximum absolute atomic E-state index is 10.7. The minimum absolute atomic E-state index is 0.0149. The first kappa shape index (κ1) is 13.7. The Kier molecular flexibility index (Phi) is 4.09. The molecule has 7 heteroatoms. The fraction of sp³-hybridized carbons (Fsp3) is 0.231. The lowest BCUT2D eigenvalue weighted by Gasteiger charge is -2.07. The lowest BCUT2D eigenvalue weighted by Crippen LogP contribution is -2.04. The molecule has 0 saturated heterocycles. The highest BCUT2D eigenvalue weighted by atomic mass is 16.6. The topological polar surface area (TPSA) is 90.2 Å². The Balaban J connectivity index is 2.07. The van der Waals surface area contributed by atoms with E-state index in [1.807, 2.05) is 12.1 Å². The summed E-state index contributed by atoms with van der Waals surface area (Å²) in [5.74, 6) is 1.13. The number of nitrogens with one attached hydrogen (secondary N) is 1. The van der Waals surface area contributed by atoms with Crippen LogP contribution in [0.4, 0.5) is 11.5 Å². The second-order valence-corrected chi connectivity index (χ2v) is 4.12. The molecule has 0 unspecified atom stereocenters. The summed E-state index contributed by atoms with van der Waals surface area (Å²) in [7, 11) is 1.56. The van der Waals surface area contributed by atoms with E-state index in [2.05, 4.69) is 15.3 Å². The van der Waals surface area contributed by atoms with Gasteiger partial charge >= 0.3 is 0 Å². The zero-order valence-electron chi connectivity index (χ0n) is 11.2. The van der Waals surface area contributed by atoms with E-state index >= 15 is 0 Å². The van der Waals surface area contributed by atoms with Crippen LogP contribution >= 0.6 is 0 Å². The van der Waals surface area contributed by atoms with Crippen LogP contribution in [0, 0.1) is 17.0 Å². The van der Waals surface area contributed by atoms with E-state index in [4.69, 9.17) is 4.74 Å². The molecular formula is C13H14N4O3. The summed E-state index contributed by atoms with van der Waals surface area (Å²) in [5, 5.41) is 13.8.